The third-order valence-corrected chi connectivity index (χ3v) is 15.6. The second kappa shape index (κ2) is 29.3. The number of nitrogens with two attached hydrogens (primary N) is 1. The van der Waals surface area contributed by atoms with Crippen molar-refractivity contribution >= 4 is 57.7 Å². The van der Waals surface area contributed by atoms with E-state index in [0.717, 1.165) is 32.3 Å². The van der Waals surface area contributed by atoms with Crippen LogP contribution >= 0.6 is 0 Å². The molecule has 33 heteroatoms. The lowest BCUT2D eigenvalue weighted by Gasteiger charge is -2.34. The van der Waals surface area contributed by atoms with Crippen LogP contribution in [0.3, 0.4) is 0 Å². The summed E-state index contributed by atoms with van der Waals surface area (Å²) in [5, 5.41) is 116. The van der Waals surface area contributed by atoms with Crippen LogP contribution in [-0.4, -0.2) is 220 Å². The highest BCUT2D eigenvalue weighted by Crippen LogP contribution is 2.34. The fraction of sp³-hybridized carbons (Fsp3) is 0.482. The van der Waals surface area contributed by atoms with Gasteiger partial charge in [0.15, 0.2) is 23.5 Å². The van der Waals surface area contributed by atoms with E-state index in [4.69, 9.17) is 15.0 Å². The van der Waals surface area contributed by atoms with Gasteiger partial charge in [-0.1, -0.05) is 50.0 Å². The van der Waals surface area contributed by atoms with Gasteiger partial charge in [0.2, 0.25) is 41.4 Å². The number of fused-ring (bicyclic) bond motifs is 2. The van der Waals surface area contributed by atoms with Crippen LogP contribution in [0.2, 0.25) is 0 Å². The first-order valence-corrected chi connectivity index (χ1v) is 29.5. The van der Waals surface area contributed by atoms with Crippen molar-refractivity contribution in [1.82, 2.24) is 41.5 Å². The molecule has 0 saturated carbocycles. The highest BCUT2D eigenvalue weighted by molar-refractivity contribution is 7.81. The molecule has 484 valence electrons. The van der Waals surface area contributed by atoms with Gasteiger partial charge >= 0.3 is 10.4 Å². The second-order valence-corrected chi connectivity index (χ2v) is 22.9. The van der Waals surface area contributed by atoms with Gasteiger partial charge < -0.3 is 102 Å². The molecular formula is C56H71N9O23S. The summed E-state index contributed by atoms with van der Waals surface area (Å²) < 4.78 is 48.1. The van der Waals surface area contributed by atoms with Crippen molar-refractivity contribution in [2.45, 2.75) is 145 Å². The Morgan fingerprint density at radius 2 is 1.43 bits per heavy atom. The van der Waals surface area contributed by atoms with E-state index in [9.17, 15) is 97.3 Å². The van der Waals surface area contributed by atoms with E-state index in [1.165, 1.54) is 31.2 Å². The third-order valence-electron chi connectivity index (χ3n) is 15.2. The van der Waals surface area contributed by atoms with E-state index in [2.05, 4.69) is 32.2 Å². The maximum atomic E-state index is 14.7. The average molecular weight is 1280 g/mol. The minimum Gasteiger partial charge on any atom is -0.504 e. The molecule has 32 nitrogen and oxygen atoms in total. The fourth-order valence-electron chi connectivity index (χ4n) is 10.3. The second-order valence-electron chi connectivity index (χ2n) is 21.9. The topological polar surface area (TPSA) is 510 Å². The van der Waals surface area contributed by atoms with Crippen LogP contribution in [0.1, 0.15) is 81.3 Å². The Bertz CT molecular complexity index is 3340. The summed E-state index contributed by atoms with van der Waals surface area (Å²) in [5.41, 5.74) is 6.17. The number of amides is 8. The quantitative estimate of drug-likeness (QED) is 0.0334. The van der Waals surface area contributed by atoms with Crippen molar-refractivity contribution in [3.8, 4) is 39.8 Å². The molecule has 0 unspecified atom stereocenters. The van der Waals surface area contributed by atoms with Crippen molar-refractivity contribution in [2.75, 3.05) is 19.7 Å². The third kappa shape index (κ3) is 16.9. The average Bonchev–Trinajstić information content (AvgIpc) is 2.76. The number of primary amides is 1. The summed E-state index contributed by atoms with van der Waals surface area (Å²) in [6.45, 7) is 3.74. The van der Waals surface area contributed by atoms with Crippen LogP contribution in [0.15, 0.2) is 77.3 Å². The number of aliphatic hydroxyl groups is 8. The molecule has 3 fully saturated rings. The van der Waals surface area contributed by atoms with E-state index < -0.39 is 198 Å². The Kier molecular flexibility index (Phi) is 22.4. The van der Waals surface area contributed by atoms with Crippen LogP contribution in [0, 0.1) is 5.92 Å². The molecule has 4 aromatic rings. The van der Waals surface area contributed by atoms with Gasteiger partial charge in [-0.15, -0.1) is 0 Å². The number of unbranched alkanes of at least 4 members (excludes halogenated alkanes) is 2. The molecule has 3 aromatic carbocycles. The van der Waals surface area contributed by atoms with Gasteiger partial charge in [0, 0.05) is 54.6 Å². The smallest absolute Gasteiger partial charge is 0.446 e. The zero-order valence-electron chi connectivity index (χ0n) is 48.1. The van der Waals surface area contributed by atoms with E-state index in [-0.39, 0.29) is 5.56 Å². The molecule has 0 spiro atoms. The lowest BCUT2D eigenvalue weighted by atomic mass is 9.96. The molecule has 0 radical (unpaired) electrons. The number of benzene rings is 3. The molecule has 7 rings (SSSR count). The Morgan fingerprint density at radius 1 is 0.787 bits per heavy atom. The van der Waals surface area contributed by atoms with E-state index in [1.807, 2.05) is 10.6 Å². The van der Waals surface area contributed by atoms with Gasteiger partial charge in [-0.25, -0.2) is 0 Å². The summed E-state index contributed by atoms with van der Waals surface area (Å²) in [6, 6.07) is 3.52. The molecule has 3 aliphatic heterocycles. The van der Waals surface area contributed by atoms with Gasteiger partial charge in [0.1, 0.15) is 66.0 Å². The summed E-state index contributed by atoms with van der Waals surface area (Å²) in [5.74, 6) is -12.9. The minimum atomic E-state index is -5.35. The number of aromatic hydroxyl groups is 1. The number of hydrogen-bond acceptors (Lipinski definition) is 23. The first-order valence-electron chi connectivity index (χ1n) is 28.1. The summed E-state index contributed by atoms with van der Waals surface area (Å²) in [4.78, 5) is 115. The highest BCUT2D eigenvalue weighted by atomic mass is 32.3. The van der Waals surface area contributed by atoms with Crippen LogP contribution in [0.4, 0.5) is 0 Å². The number of hydrogen-bond donors (Lipinski definition) is 16. The monoisotopic (exact) mass is 1280 g/mol. The lowest BCUT2D eigenvalue weighted by molar-refractivity contribution is -0.149. The minimum absolute atomic E-state index is 0.107. The van der Waals surface area contributed by atoms with E-state index in [0.29, 0.717) is 56.9 Å². The molecular weight excluding hydrogens is 1200 g/mol. The molecule has 4 heterocycles. The molecule has 89 heavy (non-hydrogen) atoms. The van der Waals surface area contributed by atoms with Crippen LogP contribution in [0.25, 0.3) is 22.6 Å². The molecule has 17 N–H and O–H groups in total. The van der Waals surface area contributed by atoms with Gasteiger partial charge in [0.05, 0.1) is 37.4 Å². The Morgan fingerprint density at radius 3 is 2.07 bits per heavy atom. The van der Waals surface area contributed by atoms with Crippen LogP contribution in [-0.2, 0) is 44.0 Å². The zero-order valence-corrected chi connectivity index (χ0v) is 48.9. The standard InChI is InChI=1S/C56H71N9O23S/c1-4-5-6-17-86-32-14-11-28(12-15-32)39-21-33(63-87-39)27-7-9-29(10-8-27)49(75)58-34-20-38(70)52(78)62-54(80)45-46(72)25(2)23-65(45)56(82)43(37(69)22-41(57)71)60-53(79)44(48(74)47(73)30-13-16-36(68)40(18-30)88-89(83,84)85)61-51(77)35-19-31(67)24-64(35)55(81)42(26(3)66)59-50(34)76/h7-16,18,21,25-26,31,34-35,37-38,42-48,52,66-70,72-74,78H,4-6,17,19-20,22-24H2,1-3H3,(H2,57,71)(H,58,75)(H,59,76)(H,60,79)(H,61,77)(H,62,80)(H,83,84,85)/t25-,26+,31+,34-,35-,37+,38+,42-,43-,44-,45-,46-,47-,48-,52+/m0/s1/i11+1,12+1,14+1,15+1,28+1,32+1. The van der Waals surface area contributed by atoms with Crippen molar-refractivity contribution in [2.24, 2.45) is 11.7 Å². The van der Waals surface area contributed by atoms with Crippen molar-refractivity contribution in [3.05, 3.63) is 83.9 Å². The van der Waals surface area contributed by atoms with Crippen molar-refractivity contribution in [3.63, 3.8) is 0 Å². The van der Waals surface area contributed by atoms with Gasteiger partial charge in [-0.3, -0.25) is 42.9 Å². The number of phenols is 1. The molecule has 0 bridgehead atoms. The predicted octanol–water partition coefficient (Wildman–Crippen LogP) is -3.90. The first-order chi connectivity index (χ1) is 42.0. The van der Waals surface area contributed by atoms with Crippen LogP contribution < -0.4 is 41.2 Å². The van der Waals surface area contributed by atoms with E-state index in [1.54, 1.807) is 30.3 Å². The summed E-state index contributed by atoms with van der Waals surface area (Å²) >= 11 is 0. The molecule has 15 atom stereocenters. The SMILES string of the molecule is CCCCCO[13c]1[13cH][13cH][13c](-c2cc(-c3ccc(C(=O)N[C@H]4C[C@@H](O)[C@@H](O)NC(=O)[C@@H]5[C@@H](O)[C@@H](C)CN5C(=O)[C@H]([C@H](O)CC(N)=O)NC(=O)[C@H]([C@H](O)[C@@H](O)c5ccc(O)c(OS(=O)(=O)O)c5)NC(=O)[C@@H]5C[C@@H](O)CN5C(=O)[C@H]([C@@H](C)O)NC4=O)cc3)no2)[13cH][13cH]1. The Labute approximate surface area is 507 Å². The molecule has 0 aliphatic carbocycles. The van der Waals surface area contributed by atoms with Gasteiger partial charge in [0.25, 0.3) is 5.91 Å². The molecule has 1 aromatic heterocycles. The largest absolute Gasteiger partial charge is 0.504 e. The molecule has 3 aliphatic rings. The maximum absolute atomic E-state index is 14.7. The van der Waals surface area contributed by atoms with E-state index >= 15 is 0 Å². The van der Waals surface area contributed by atoms with Gasteiger partial charge in [-0.2, -0.15) is 8.42 Å². The summed E-state index contributed by atoms with van der Waals surface area (Å²) in [6.07, 6.45) is -17.3. The van der Waals surface area contributed by atoms with Gasteiger partial charge in [-0.05, 0) is 67.4 Å². The number of nitrogens with zero attached hydrogens (tertiary/aromatic N) is 3. The molecule has 3 saturated heterocycles. The van der Waals surface area contributed by atoms with Crippen molar-refractivity contribution in [1.29, 1.82) is 0 Å². The number of aromatic nitrogens is 1. The Hall–Kier alpha value is -8.38. The maximum Gasteiger partial charge on any atom is 0.446 e. The number of carbonyl (C=O) groups is 8. The number of aliphatic hydroxyl groups excluding tert-OH is 8. The lowest BCUT2D eigenvalue weighted by Crippen LogP contribution is -2.64. The zero-order chi connectivity index (χ0) is 65.3. The number of rotatable bonds is 18. The molecule has 8 amide bonds. The first kappa shape index (κ1) is 68.1. The predicted molar refractivity (Wildman–Crippen MR) is 304 cm³/mol. The number of nitrogens with one attached hydrogen (secondary N) is 5. The fourth-order valence-corrected chi connectivity index (χ4v) is 10.7. The number of ether oxygens (including phenoxy) is 1. The van der Waals surface area contributed by atoms with Crippen LogP contribution in [0.5, 0.6) is 17.2 Å². The Balaban J connectivity index is 1.22. The summed E-state index contributed by atoms with van der Waals surface area (Å²) in [7, 11) is -5.35. The normalized spacial score (nSPS) is 26.4. The number of carbonyl (C=O) groups excluding carboxylic acids is 8. The highest BCUT2D eigenvalue weighted by Gasteiger charge is 2.51. The van der Waals surface area contributed by atoms with Crippen molar-refractivity contribution < 1.29 is 111 Å². The number of phenolic OH excluding ortho intramolecular Hbond substituents is 1.